The highest BCUT2D eigenvalue weighted by molar-refractivity contribution is 14.1. The number of anilines is 1. The summed E-state index contributed by atoms with van der Waals surface area (Å²) in [7, 11) is 0. The molecule has 1 rings (SSSR count). The minimum atomic E-state index is -1.07. The third-order valence-corrected chi connectivity index (χ3v) is 3.81. The second-order valence-corrected chi connectivity index (χ2v) is 6.18. The van der Waals surface area contributed by atoms with Crippen LogP contribution >= 0.6 is 22.6 Å². The minimum absolute atomic E-state index is 0.0429. The first-order chi connectivity index (χ1) is 9.27. The summed E-state index contributed by atoms with van der Waals surface area (Å²) in [4.78, 5) is 24.9. The fourth-order valence-electron chi connectivity index (χ4n) is 1.78. The Labute approximate surface area is 132 Å². The van der Waals surface area contributed by atoms with E-state index >= 15 is 0 Å². The summed E-state index contributed by atoms with van der Waals surface area (Å²) in [6, 6.07) is 7.45. The van der Waals surface area contributed by atoms with Gasteiger partial charge in [0.1, 0.15) is 5.54 Å². The molecule has 0 saturated carbocycles. The highest BCUT2D eigenvalue weighted by Gasteiger charge is 2.34. The lowest BCUT2D eigenvalue weighted by molar-refractivity contribution is -0.149. The number of halogens is 1. The van der Waals surface area contributed by atoms with Crippen molar-refractivity contribution in [2.45, 2.75) is 26.3 Å². The molecule has 0 radical (unpaired) electrons. The fraction of sp³-hybridized carbons (Fsp3) is 0.429. The molecule has 20 heavy (non-hydrogen) atoms. The van der Waals surface area contributed by atoms with E-state index in [1.807, 2.05) is 25.1 Å². The maximum Gasteiger partial charge on any atom is 0.323 e. The lowest BCUT2D eigenvalue weighted by Crippen LogP contribution is -2.52. The predicted octanol–water partition coefficient (Wildman–Crippen LogP) is 2.41. The molecule has 5 nitrogen and oxygen atoms in total. The largest absolute Gasteiger partial charge is 0.480 e. The van der Waals surface area contributed by atoms with Gasteiger partial charge in [-0.1, -0.05) is 13.0 Å². The number of rotatable bonds is 6. The Bertz CT molecular complexity index is 503. The smallest absolute Gasteiger partial charge is 0.323 e. The molecule has 110 valence electrons. The molecule has 0 heterocycles. The fourth-order valence-corrected chi connectivity index (χ4v) is 2.32. The number of hydrogen-bond acceptors (Lipinski definition) is 3. The zero-order valence-electron chi connectivity index (χ0n) is 11.8. The Balaban J connectivity index is 2.71. The van der Waals surface area contributed by atoms with Crippen molar-refractivity contribution in [3.05, 3.63) is 27.8 Å². The van der Waals surface area contributed by atoms with E-state index in [1.54, 1.807) is 24.8 Å². The van der Waals surface area contributed by atoms with Gasteiger partial charge in [0.2, 0.25) is 5.91 Å². The second-order valence-electron chi connectivity index (χ2n) is 4.94. The number of nitrogens with zero attached hydrogens (tertiary/aromatic N) is 1. The van der Waals surface area contributed by atoms with Crippen LogP contribution in [0.2, 0.25) is 0 Å². The van der Waals surface area contributed by atoms with Gasteiger partial charge in [-0.25, -0.2) is 0 Å². The molecular formula is C14H19IN2O3. The van der Waals surface area contributed by atoms with Crippen LogP contribution in [0.3, 0.4) is 0 Å². The highest BCUT2D eigenvalue weighted by Crippen LogP contribution is 2.16. The summed E-state index contributed by atoms with van der Waals surface area (Å²) in [5.74, 6) is -1.16. The van der Waals surface area contributed by atoms with Gasteiger partial charge in [-0.3, -0.25) is 14.5 Å². The summed E-state index contributed by atoms with van der Waals surface area (Å²) in [5, 5.41) is 12.0. The normalized spacial score (nSPS) is 11.4. The van der Waals surface area contributed by atoms with Crippen molar-refractivity contribution in [1.29, 1.82) is 0 Å². The average molecular weight is 390 g/mol. The summed E-state index contributed by atoms with van der Waals surface area (Å²) >= 11 is 2.17. The third-order valence-electron chi connectivity index (χ3n) is 3.14. The number of carbonyl (C=O) groups excluding carboxylic acids is 1. The van der Waals surface area contributed by atoms with Crippen LogP contribution in [0.4, 0.5) is 5.69 Å². The molecule has 2 N–H and O–H groups in total. The number of aliphatic carboxylic acids is 1. The van der Waals surface area contributed by atoms with Gasteiger partial charge in [0.15, 0.2) is 0 Å². The van der Waals surface area contributed by atoms with Gasteiger partial charge in [-0.05, 0) is 61.2 Å². The van der Waals surface area contributed by atoms with Crippen molar-refractivity contribution in [1.82, 2.24) is 4.90 Å². The SMILES string of the molecule is CCN(CC(=O)Nc1cccc(I)c1)C(C)(C)C(=O)O. The molecule has 0 aromatic heterocycles. The minimum Gasteiger partial charge on any atom is -0.480 e. The highest BCUT2D eigenvalue weighted by atomic mass is 127. The number of carbonyl (C=O) groups is 2. The van der Waals surface area contributed by atoms with Crippen LogP contribution in [0.15, 0.2) is 24.3 Å². The quantitative estimate of drug-likeness (QED) is 0.733. The standard InChI is InChI=1S/C14H19IN2O3/c1-4-17(14(2,3)13(19)20)9-12(18)16-11-7-5-6-10(15)8-11/h5-8H,4,9H2,1-3H3,(H,16,18)(H,19,20). The maximum absolute atomic E-state index is 12.0. The number of hydrogen-bond donors (Lipinski definition) is 2. The lowest BCUT2D eigenvalue weighted by Gasteiger charge is -2.33. The number of carboxylic acid groups (broad SMARTS) is 1. The van der Waals surface area contributed by atoms with Gasteiger partial charge in [-0.2, -0.15) is 0 Å². The van der Waals surface area contributed by atoms with Gasteiger partial charge in [0.05, 0.1) is 6.54 Å². The maximum atomic E-state index is 12.0. The first kappa shape index (κ1) is 16.9. The molecule has 0 aliphatic rings. The van der Waals surface area contributed by atoms with E-state index < -0.39 is 11.5 Å². The molecule has 0 saturated heterocycles. The summed E-state index contributed by atoms with van der Waals surface area (Å²) in [6.07, 6.45) is 0. The number of benzene rings is 1. The Morgan fingerprint density at radius 3 is 2.55 bits per heavy atom. The zero-order chi connectivity index (χ0) is 15.3. The van der Waals surface area contributed by atoms with E-state index in [0.717, 1.165) is 3.57 Å². The molecule has 0 spiro atoms. The predicted molar refractivity (Wildman–Crippen MR) is 86.8 cm³/mol. The molecule has 1 amide bonds. The molecule has 6 heteroatoms. The molecule has 0 unspecified atom stereocenters. The average Bonchev–Trinajstić information content (AvgIpc) is 2.35. The van der Waals surface area contributed by atoms with Crippen molar-refractivity contribution >= 4 is 40.2 Å². The topological polar surface area (TPSA) is 69.6 Å². The molecule has 1 aromatic rings. The van der Waals surface area contributed by atoms with Crippen LogP contribution in [0.25, 0.3) is 0 Å². The first-order valence-corrected chi connectivity index (χ1v) is 7.39. The van der Waals surface area contributed by atoms with Gasteiger partial charge >= 0.3 is 5.97 Å². The van der Waals surface area contributed by atoms with E-state index in [9.17, 15) is 14.7 Å². The summed E-state index contributed by atoms with van der Waals surface area (Å²) in [5.41, 5.74) is -0.358. The Morgan fingerprint density at radius 1 is 1.40 bits per heavy atom. The summed E-state index contributed by atoms with van der Waals surface area (Å²) in [6.45, 7) is 5.55. The number of amides is 1. The Morgan fingerprint density at radius 2 is 2.05 bits per heavy atom. The number of carboxylic acids is 1. The van der Waals surface area contributed by atoms with E-state index in [0.29, 0.717) is 12.2 Å². The van der Waals surface area contributed by atoms with Crippen LogP contribution in [-0.4, -0.2) is 40.5 Å². The van der Waals surface area contributed by atoms with Gasteiger partial charge in [-0.15, -0.1) is 0 Å². The Kier molecular flexibility index (Phi) is 5.94. The molecule has 0 atom stereocenters. The molecule has 0 aliphatic heterocycles. The van der Waals surface area contributed by atoms with Gasteiger partial charge in [0, 0.05) is 9.26 Å². The van der Waals surface area contributed by atoms with Crippen molar-refractivity contribution in [2.24, 2.45) is 0 Å². The number of nitrogens with one attached hydrogen (secondary N) is 1. The van der Waals surface area contributed by atoms with Crippen LogP contribution in [0.5, 0.6) is 0 Å². The Hall–Kier alpha value is -1.15. The van der Waals surface area contributed by atoms with Crippen LogP contribution in [0.1, 0.15) is 20.8 Å². The van der Waals surface area contributed by atoms with Crippen molar-refractivity contribution in [3.63, 3.8) is 0 Å². The van der Waals surface area contributed by atoms with Gasteiger partial charge in [0.25, 0.3) is 0 Å². The lowest BCUT2D eigenvalue weighted by atomic mass is 10.0. The van der Waals surface area contributed by atoms with Crippen molar-refractivity contribution in [3.8, 4) is 0 Å². The molecule has 1 aromatic carbocycles. The van der Waals surface area contributed by atoms with Crippen LogP contribution < -0.4 is 5.32 Å². The van der Waals surface area contributed by atoms with Crippen molar-refractivity contribution < 1.29 is 14.7 Å². The van der Waals surface area contributed by atoms with E-state index in [-0.39, 0.29) is 12.5 Å². The number of likely N-dealkylation sites (N-methyl/N-ethyl adjacent to an activating group) is 1. The van der Waals surface area contributed by atoms with Crippen molar-refractivity contribution in [2.75, 3.05) is 18.4 Å². The van der Waals surface area contributed by atoms with Gasteiger partial charge < -0.3 is 10.4 Å². The molecular weight excluding hydrogens is 371 g/mol. The van der Waals surface area contributed by atoms with E-state index in [2.05, 4.69) is 27.9 Å². The monoisotopic (exact) mass is 390 g/mol. The second kappa shape index (κ2) is 7.03. The summed E-state index contributed by atoms with van der Waals surface area (Å²) < 4.78 is 1.03. The van der Waals surface area contributed by atoms with E-state index in [1.165, 1.54) is 0 Å². The van der Waals surface area contributed by atoms with Crippen LogP contribution in [0, 0.1) is 3.57 Å². The molecule has 0 fully saturated rings. The van der Waals surface area contributed by atoms with Crippen LogP contribution in [-0.2, 0) is 9.59 Å². The zero-order valence-corrected chi connectivity index (χ0v) is 14.0. The first-order valence-electron chi connectivity index (χ1n) is 6.31. The third kappa shape index (κ3) is 4.45. The van der Waals surface area contributed by atoms with E-state index in [4.69, 9.17) is 0 Å². The molecule has 0 bridgehead atoms. The molecule has 0 aliphatic carbocycles.